The lowest BCUT2D eigenvalue weighted by Gasteiger charge is -2.11. The second-order valence-corrected chi connectivity index (χ2v) is 5.73. The first-order valence-electron chi connectivity index (χ1n) is 6.63. The molecule has 1 aromatic heterocycles. The SMILES string of the molecule is Nc1cc(=O)[nH]c(SCC(=O)NC(=O)NC2CCCC2)n1. The number of amides is 3. The summed E-state index contributed by atoms with van der Waals surface area (Å²) >= 11 is 1.00. The van der Waals surface area contributed by atoms with Crippen LogP contribution in [0.15, 0.2) is 16.0 Å². The maximum Gasteiger partial charge on any atom is 0.321 e. The Morgan fingerprint density at radius 3 is 2.81 bits per heavy atom. The molecule has 1 aliphatic rings. The van der Waals surface area contributed by atoms with Crippen LogP contribution in [0.25, 0.3) is 0 Å². The normalized spacial score (nSPS) is 14.9. The molecule has 5 N–H and O–H groups in total. The number of carbonyl (C=O) groups excluding carboxylic acids is 2. The van der Waals surface area contributed by atoms with Crippen LogP contribution in [0.1, 0.15) is 25.7 Å². The van der Waals surface area contributed by atoms with Gasteiger partial charge in [-0.25, -0.2) is 9.78 Å². The number of imide groups is 1. The third-order valence-electron chi connectivity index (χ3n) is 3.02. The molecule has 1 heterocycles. The molecule has 0 radical (unpaired) electrons. The molecule has 114 valence electrons. The molecule has 1 saturated carbocycles. The zero-order chi connectivity index (χ0) is 15.2. The molecule has 0 unspecified atom stereocenters. The van der Waals surface area contributed by atoms with E-state index in [0.29, 0.717) is 0 Å². The van der Waals surface area contributed by atoms with Gasteiger partial charge in [0.15, 0.2) is 5.16 Å². The van der Waals surface area contributed by atoms with E-state index in [-0.39, 0.29) is 28.3 Å². The first-order valence-corrected chi connectivity index (χ1v) is 7.61. The average Bonchev–Trinajstić information content (AvgIpc) is 2.88. The van der Waals surface area contributed by atoms with Gasteiger partial charge in [-0.2, -0.15) is 0 Å². The molecule has 1 aliphatic carbocycles. The highest BCUT2D eigenvalue weighted by molar-refractivity contribution is 7.99. The van der Waals surface area contributed by atoms with Gasteiger partial charge in [0.2, 0.25) is 5.91 Å². The van der Waals surface area contributed by atoms with Crippen molar-refractivity contribution in [3.8, 4) is 0 Å². The highest BCUT2D eigenvalue weighted by Gasteiger charge is 2.18. The number of urea groups is 1. The number of rotatable bonds is 4. The van der Waals surface area contributed by atoms with Crippen molar-refractivity contribution >= 4 is 29.5 Å². The molecule has 1 aromatic rings. The lowest BCUT2D eigenvalue weighted by Crippen LogP contribution is -2.44. The van der Waals surface area contributed by atoms with Gasteiger partial charge in [0.1, 0.15) is 5.82 Å². The summed E-state index contributed by atoms with van der Waals surface area (Å²) in [6.45, 7) is 0. The summed E-state index contributed by atoms with van der Waals surface area (Å²) in [5.41, 5.74) is 5.04. The minimum Gasteiger partial charge on any atom is -0.383 e. The summed E-state index contributed by atoms with van der Waals surface area (Å²) in [7, 11) is 0. The first-order chi connectivity index (χ1) is 10.0. The number of nitrogens with zero attached hydrogens (tertiary/aromatic N) is 1. The number of aromatic amines is 1. The number of thioether (sulfide) groups is 1. The van der Waals surface area contributed by atoms with E-state index in [1.165, 1.54) is 0 Å². The molecule has 0 atom stereocenters. The molecule has 3 amide bonds. The van der Waals surface area contributed by atoms with Gasteiger partial charge in [-0.15, -0.1) is 0 Å². The molecule has 21 heavy (non-hydrogen) atoms. The van der Waals surface area contributed by atoms with Gasteiger partial charge in [0.25, 0.3) is 5.56 Å². The topological polar surface area (TPSA) is 130 Å². The van der Waals surface area contributed by atoms with Crippen LogP contribution >= 0.6 is 11.8 Å². The second kappa shape index (κ2) is 7.11. The third-order valence-corrected chi connectivity index (χ3v) is 3.90. The van der Waals surface area contributed by atoms with E-state index in [1.54, 1.807) is 0 Å². The summed E-state index contributed by atoms with van der Waals surface area (Å²) < 4.78 is 0. The van der Waals surface area contributed by atoms with Gasteiger partial charge >= 0.3 is 6.03 Å². The van der Waals surface area contributed by atoms with E-state index >= 15 is 0 Å². The van der Waals surface area contributed by atoms with Crippen molar-refractivity contribution < 1.29 is 9.59 Å². The van der Waals surface area contributed by atoms with Crippen molar-refractivity contribution in [2.75, 3.05) is 11.5 Å². The van der Waals surface area contributed by atoms with Crippen molar-refractivity contribution in [2.45, 2.75) is 36.9 Å². The molecule has 9 heteroatoms. The summed E-state index contributed by atoms with van der Waals surface area (Å²) in [6, 6.07) is 0.818. The van der Waals surface area contributed by atoms with Crippen molar-refractivity contribution in [1.82, 2.24) is 20.6 Å². The maximum atomic E-state index is 11.6. The fourth-order valence-corrected chi connectivity index (χ4v) is 2.79. The highest BCUT2D eigenvalue weighted by atomic mass is 32.2. The van der Waals surface area contributed by atoms with Crippen LogP contribution in [0.5, 0.6) is 0 Å². The Labute approximate surface area is 125 Å². The number of nitrogen functional groups attached to an aromatic ring is 1. The Bertz CT molecular complexity index is 583. The predicted octanol–water partition coefficient (Wildman–Crippen LogP) is 0.213. The van der Waals surface area contributed by atoms with Gasteiger partial charge in [0.05, 0.1) is 5.75 Å². The van der Waals surface area contributed by atoms with Crippen LogP contribution in [-0.4, -0.2) is 33.7 Å². The minimum atomic E-state index is -0.485. The van der Waals surface area contributed by atoms with E-state index in [9.17, 15) is 14.4 Å². The molecular formula is C12H17N5O3S. The fourth-order valence-electron chi connectivity index (χ4n) is 2.11. The van der Waals surface area contributed by atoms with Crippen molar-refractivity contribution in [2.24, 2.45) is 0 Å². The lowest BCUT2D eigenvalue weighted by molar-refractivity contribution is -0.117. The fraction of sp³-hybridized carbons (Fsp3) is 0.500. The van der Waals surface area contributed by atoms with Gasteiger partial charge < -0.3 is 16.0 Å². The van der Waals surface area contributed by atoms with E-state index < -0.39 is 11.9 Å². The molecule has 0 bridgehead atoms. The molecule has 0 saturated heterocycles. The predicted molar refractivity (Wildman–Crippen MR) is 78.9 cm³/mol. The zero-order valence-corrected chi connectivity index (χ0v) is 12.2. The van der Waals surface area contributed by atoms with Crippen molar-refractivity contribution in [3.63, 3.8) is 0 Å². The highest BCUT2D eigenvalue weighted by Crippen LogP contribution is 2.17. The number of H-pyrrole nitrogens is 1. The maximum absolute atomic E-state index is 11.6. The van der Waals surface area contributed by atoms with Gasteiger partial charge in [-0.1, -0.05) is 24.6 Å². The number of hydrogen-bond donors (Lipinski definition) is 4. The number of nitrogens with two attached hydrogens (primary N) is 1. The van der Waals surface area contributed by atoms with Crippen LogP contribution in [0, 0.1) is 0 Å². The molecule has 1 fully saturated rings. The smallest absolute Gasteiger partial charge is 0.321 e. The molecule has 0 aromatic carbocycles. The Morgan fingerprint density at radius 1 is 1.43 bits per heavy atom. The monoisotopic (exact) mass is 311 g/mol. The third kappa shape index (κ3) is 5.10. The van der Waals surface area contributed by atoms with Crippen LogP contribution in [-0.2, 0) is 4.79 Å². The lowest BCUT2D eigenvalue weighted by atomic mass is 10.2. The van der Waals surface area contributed by atoms with Crippen LogP contribution in [0.3, 0.4) is 0 Å². The zero-order valence-electron chi connectivity index (χ0n) is 11.3. The van der Waals surface area contributed by atoms with E-state index in [4.69, 9.17) is 5.73 Å². The Balaban J connectivity index is 1.76. The number of hydrogen-bond acceptors (Lipinski definition) is 6. The summed E-state index contributed by atoms with van der Waals surface area (Å²) in [6.07, 6.45) is 4.10. The first kappa shape index (κ1) is 15.4. The largest absolute Gasteiger partial charge is 0.383 e. The van der Waals surface area contributed by atoms with Crippen LogP contribution in [0.4, 0.5) is 10.6 Å². The standard InChI is InChI=1S/C12H17N5O3S/c13-8-5-9(18)17-12(15-8)21-6-10(19)16-11(20)14-7-3-1-2-4-7/h5,7H,1-4,6H2,(H3,13,15,17,18)(H2,14,16,19,20). The van der Waals surface area contributed by atoms with Crippen molar-refractivity contribution in [3.05, 3.63) is 16.4 Å². The number of anilines is 1. The van der Waals surface area contributed by atoms with Gasteiger partial charge in [0, 0.05) is 12.1 Å². The van der Waals surface area contributed by atoms with Crippen LogP contribution in [0.2, 0.25) is 0 Å². The molecule has 0 aliphatic heterocycles. The van der Waals surface area contributed by atoms with E-state index in [1.807, 2.05) is 0 Å². The summed E-state index contributed by atoms with van der Waals surface area (Å²) in [4.78, 5) is 40.7. The second-order valence-electron chi connectivity index (χ2n) is 4.77. The van der Waals surface area contributed by atoms with E-state index in [2.05, 4.69) is 20.6 Å². The number of aromatic nitrogens is 2. The molecule has 2 rings (SSSR count). The molecular weight excluding hydrogens is 294 g/mol. The Hall–Kier alpha value is -2.03. The van der Waals surface area contributed by atoms with Gasteiger partial charge in [-0.05, 0) is 12.8 Å². The van der Waals surface area contributed by atoms with Crippen LogP contribution < -0.4 is 21.9 Å². The van der Waals surface area contributed by atoms with E-state index in [0.717, 1.165) is 43.5 Å². The number of carbonyl (C=O) groups is 2. The summed E-state index contributed by atoms with van der Waals surface area (Å²) in [5, 5.41) is 5.24. The number of nitrogens with one attached hydrogen (secondary N) is 3. The average molecular weight is 311 g/mol. The Morgan fingerprint density at radius 2 is 2.14 bits per heavy atom. The molecule has 0 spiro atoms. The van der Waals surface area contributed by atoms with Crippen molar-refractivity contribution in [1.29, 1.82) is 0 Å². The minimum absolute atomic E-state index is 0.0372. The quantitative estimate of drug-likeness (QED) is 0.464. The Kier molecular flexibility index (Phi) is 5.20. The molecule has 8 nitrogen and oxygen atoms in total. The van der Waals surface area contributed by atoms with Gasteiger partial charge in [-0.3, -0.25) is 14.9 Å². The summed E-state index contributed by atoms with van der Waals surface area (Å²) in [5.74, 6) is -0.411.